The van der Waals surface area contributed by atoms with E-state index in [2.05, 4.69) is 17.6 Å². The molecule has 4 nitrogen and oxygen atoms in total. The van der Waals surface area contributed by atoms with Gasteiger partial charge in [0.2, 0.25) is 5.91 Å². The van der Waals surface area contributed by atoms with Crippen LogP contribution in [-0.2, 0) is 9.53 Å². The Hall–Kier alpha value is -0.610. The van der Waals surface area contributed by atoms with Crippen LogP contribution in [0.1, 0.15) is 32.6 Å². The third kappa shape index (κ3) is 4.64. The van der Waals surface area contributed by atoms with Crippen LogP contribution >= 0.6 is 0 Å². The first-order chi connectivity index (χ1) is 8.25. The molecular weight excluding hydrogens is 216 g/mol. The fourth-order valence-corrected chi connectivity index (χ4v) is 2.30. The van der Waals surface area contributed by atoms with E-state index in [-0.39, 0.29) is 11.8 Å². The smallest absolute Gasteiger partial charge is 0.223 e. The van der Waals surface area contributed by atoms with Crippen molar-refractivity contribution in [2.45, 2.75) is 38.6 Å². The molecule has 1 amide bonds. The predicted octanol–water partition coefficient (Wildman–Crippen LogP) is 0.917. The highest BCUT2D eigenvalue weighted by Crippen LogP contribution is 2.28. The molecule has 98 valence electrons. The molecule has 17 heavy (non-hydrogen) atoms. The van der Waals surface area contributed by atoms with Gasteiger partial charge in [-0.2, -0.15) is 0 Å². The summed E-state index contributed by atoms with van der Waals surface area (Å²) < 4.78 is 5.49. The lowest BCUT2D eigenvalue weighted by Gasteiger charge is -2.27. The maximum atomic E-state index is 11.9. The third-order valence-electron chi connectivity index (χ3n) is 3.59. The predicted molar refractivity (Wildman–Crippen MR) is 66.7 cm³/mol. The number of carbonyl (C=O) groups is 1. The van der Waals surface area contributed by atoms with Crippen LogP contribution in [0.5, 0.6) is 0 Å². The standard InChI is InChI=1S/C13H24N2O2/c1-10-8-12(4-5-14-10)13(16)15-6-7-17-9-11-2-3-11/h10-12,14H,2-9H2,1H3,(H,15,16). The first kappa shape index (κ1) is 12.8. The molecule has 0 aromatic rings. The molecule has 2 rings (SSSR count). The van der Waals surface area contributed by atoms with Crippen molar-refractivity contribution in [3.05, 3.63) is 0 Å². The number of ether oxygens (including phenoxy) is 1. The van der Waals surface area contributed by atoms with Crippen molar-refractivity contribution in [3.8, 4) is 0 Å². The Morgan fingerprint density at radius 3 is 2.94 bits per heavy atom. The van der Waals surface area contributed by atoms with Crippen LogP contribution in [0, 0.1) is 11.8 Å². The van der Waals surface area contributed by atoms with E-state index >= 15 is 0 Å². The van der Waals surface area contributed by atoms with Crippen LogP contribution in [0.25, 0.3) is 0 Å². The summed E-state index contributed by atoms with van der Waals surface area (Å²) in [5.74, 6) is 1.19. The van der Waals surface area contributed by atoms with Gasteiger partial charge in [0.1, 0.15) is 0 Å². The summed E-state index contributed by atoms with van der Waals surface area (Å²) in [6.45, 7) is 5.28. The maximum Gasteiger partial charge on any atom is 0.223 e. The molecule has 4 heteroatoms. The average molecular weight is 240 g/mol. The van der Waals surface area contributed by atoms with Gasteiger partial charge in [-0.1, -0.05) is 0 Å². The van der Waals surface area contributed by atoms with Gasteiger partial charge in [-0.25, -0.2) is 0 Å². The van der Waals surface area contributed by atoms with Crippen LogP contribution < -0.4 is 10.6 Å². The Morgan fingerprint density at radius 2 is 2.24 bits per heavy atom. The van der Waals surface area contributed by atoms with Crippen LogP contribution in [-0.4, -0.2) is 38.3 Å². The van der Waals surface area contributed by atoms with E-state index in [1.165, 1.54) is 12.8 Å². The molecule has 0 spiro atoms. The molecule has 1 aliphatic heterocycles. The third-order valence-corrected chi connectivity index (χ3v) is 3.59. The van der Waals surface area contributed by atoms with Crippen molar-refractivity contribution in [2.24, 2.45) is 11.8 Å². The van der Waals surface area contributed by atoms with Crippen molar-refractivity contribution in [3.63, 3.8) is 0 Å². The zero-order valence-electron chi connectivity index (χ0n) is 10.7. The van der Waals surface area contributed by atoms with Gasteiger partial charge in [0.15, 0.2) is 0 Å². The Bertz CT molecular complexity index is 254. The molecule has 1 heterocycles. The molecule has 2 N–H and O–H groups in total. The second-order valence-electron chi connectivity index (χ2n) is 5.39. The fraction of sp³-hybridized carbons (Fsp3) is 0.923. The van der Waals surface area contributed by atoms with E-state index in [9.17, 15) is 4.79 Å². The number of hydrogen-bond acceptors (Lipinski definition) is 3. The summed E-state index contributed by atoms with van der Waals surface area (Å²) >= 11 is 0. The first-order valence-electron chi connectivity index (χ1n) is 6.84. The highest BCUT2D eigenvalue weighted by Gasteiger charge is 2.24. The van der Waals surface area contributed by atoms with Crippen molar-refractivity contribution in [2.75, 3.05) is 26.3 Å². The van der Waals surface area contributed by atoms with Gasteiger partial charge in [-0.3, -0.25) is 4.79 Å². The lowest BCUT2D eigenvalue weighted by atomic mass is 9.92. The van der Waals surface area contributed by atoms with Gasteiger partial charge in [-0.05, 0) is 45.1 Å². The van der Waals surface area contributed by atoms with Gasteiger partial charge in [0.05, 0.1) is 6.61 Å². The Balaban J connectivity index is 1.52. The van der Waals surface area contributed by atoms with Gasteiger partial charge >= 0.3 is 0 Å². The number of piperidine rings is 1. The van der Waals surface area contributed by atoms with Crippen molar-refractivity contribution >= 4 is 5.91 Å². The summed E-state index contributed by atoms with van der Waals surface area (Å²) in [5.41, 5.74) is 0. The summed E-state index contributed by atoms with van der Waals surface area (Å²) in [6.07, 6.45) is 4.55. The number of rotatable bonds is 6. The number of nitrogens with one attached hydrogen (secondary N) is 2. The summed E-state index contributed by atoms with van der Waals surface area (Å²) in [5, 5.41) is 6.33. The molecule has 2 atom stereocenters. The van der Waals surface area contributed by atoms with Crippen molar-refractivity contribution in [1.82, 2.24) is 10.6 Å². The molecule has 0 aromatic carbocycles. The Morgan fingerprint density at radius 1 is 1.41 bits per heavy atom. The molecule has 0 bridgehead atoms. The van der Waals surface area contributed by atoms with Crippen LogP contribution in [0.2, 0.25) is 0 Å². The molecule has 0 radical (unpaired) electrons. The monoisotopic (exact) mass is 240 g/mol. The van der Waals surface area contributed by atoms with Crippen LogP contribution in [0.3, 0.4) is 0 Å². The Labute approximate surface area is 103 Å². The van der Waals surface area contributed by atoms with Gasteiger partial charge in [-0.15, -0.1) is 0 Å². The second-order valence-corrected chi connectivity index (χ2v) is 5.39. The number of hydrogen-bond donors (Lipinski definition) is 2. The highest BCUT2D eigenvalue weighted by atomic mass is 16.5. The lowest BCUT2D eigenvalue weighted by Crippen LogP contribution is -2.43. The molecule has 1 aliphatic carbocycles. The topological polar surface area (TPSA) is 50.4 Å². The largest absolute Gasteiger partial charge is 0.379 e. The van der Waals surface area contributed by atoms with E-state index in [1.807, 2.05) is 0 Å². The molecule has 0 aromatic heterocycles. The average Bonchev–Trinajstić information content (AvgIpc) is 3.12. The minimum absolute atomic E-state index is 0.190. The van der Waals surface area contributed by atoms with E-state index in [1.54, 1.807) is 0 Å². The number of amides is 1. The molecular formula is C13H24N2O2. The molecule has 2 aliphatic rings. The lowest BCUT2D eigenvalue weighted by molar-refractivity contribution is -0.126. The maximum absolute atomic E-state index is 11.9. The summed E-state index contributed by atoms with van der Waals surface area (Å²) in [4.78, 5) is 11.9. The minimum atomic E-state index is 0.190. The van der Waals surface area contributed by atoms with Crippen molar-refractivity contribution in [1.29, 1.82) is 0 Å². The quantitative estimate of drug-likeness (QED) is 0.679. The van der Waals surface area contributed by atoms with E-state index < -0.39 is 0 Å². The molecule has 1 saturated heterocycles. The van der Waals surface area contributed by atoms with Crippen LogP contribution in [0.15, 0.2) is 0 Å². The normalized spacial score (nSPS) is 29.0. The highest BCUT2D eigenvalue weighted by molar-refractivity contribution is 5.78. The van der Waals surface area contributed by atoms with E-state index in [0.29, 0.717) is 19.2 Å². The molecule has 2 unspecified atom stereocenters. The zero-order chi connectivity index (χ0) is 12.1. The SMILES string of the molecule is CC1CC(C(=O)NCCOCC2CC2)CCN1. The molecule has 1 saturated carbocycles. The zero-order valence-corrected chi connectivity index (χ0v) is 10.7. The summed E-state index contributed by atoms with van der Waals surface area (Å²) in [6, 6.07) is 0.464. The first-order valence-corrected chi connectivity index (χ1v) is 6.84. The van der Waals surface area contributed by atoms with Crippen LogP contribution in [0.4, 0.5) is 0 Å². The summed E-state index contributed by atoms with van der Waals surface area (Å²) in [7, 11) is 0. The van der Waals surface area contributed by atoms with Gasteiger partial charge in [0, 0.05) is 25.1 Å². The fourth-order valence-electron chi connectivity index (χ4n) is 2.30. The number of carbonyl (C=O) groups excluding carboxylic acids is 1. The Kier molecular flexibility index (Phi) is 4.80. The van der Waals surface area contributed by atoms with Gasteiger partial charge < -0.3 is 15.4 Å². The second kappa shape index (κ2) is 6.36. The van der Waals surface area contributed by atoms with E-state index in [0.717, 1.165) is 31.9 Å². The van der Waals surface area contributed by atoms with Crippen molar-refractivity contribution < 1.29 is 9.53 Å². The van der Waals surface area contributed by atoms with E-state index in [4.69, 9.17) is 4.74 Å². The molecule has 2 fully saturated rings. The van der Waals surface area contributed by atoms with Gasteiger partial charge in [0.25, 0.3) is 0 Å². The minimum Gasteiger partial charge on any atom is -0.379 e.